The number of hydrogen-bond acceptors (Lipinski definition) is 2. The van der Waals surface area contributed by atoms with Gasteiger partial charge in [-0.05, 0) is 38.2 Å². The van der Waals surface area contributed by atoms with E-state index in [0.29, 0.717) is 11.9 Å². The minimum atomic E-state index is 0.210. The van der Waals surface area contributed by atoms with Crippen LogP contribution in [0.15, 0.2) is 30.6 Å². The van der Waals surface area contributed by atoms with Gasteiger partial charge in [-0.3, -0.25) is 9.48 Å². The monoisotopic (exact) mass is 259 g/mol. The van der Waals surface area contributed by atoms with Crippen LogP contribution in [0.5, 0.6) is 0 Å². The van der Waals surface area contributed by atoms with E-state index in [1.165, 1.54) is 0 Å². The maximum Gasteiger partial charge on any atom is 0.226 e. The summed E-state index contributed by atoms with van der Waals surface area (Å²) in [6.07, 6.45) is 13.3. The molecule has 2 atom stereocenters. The molecule has 1 aromatic rings. The Kier molecular flexibility index (Phi) is 3.67. The summed E-state index contributed by atoms with van der Waals surface area (Å²) in [5, 5.41) is 4.31. The lowest BCUT2D eigenvalue weighted by Crippen LogP contribution is -2.43. The van der Waals surface area contributed by atoms with Crippen LogP contribution in [0.25, 0.3) is 0 Å². The number of allylic oxidation sites excluding steroid dienone is 2. The zero-order chi connectivity index (χ0) is 13.1. The lowest BCUT2D eigenvalue weighted by Gasteiger charge is -2.35. The molecule has 0 bridgehead atoms. The van der Waals surface area contributed by atoms with Gasteiger partial charge in [-0.15, -0.1) is 0 Å². The van der Waals surface area contributed by atoms with Crippen molar-refractivity contribution in [3.05, 3.63) is 30.6 Å². The average Bonchev–Trinajstić information content (AvgIpc) is 3.02. The number of rotatable bonds is 2. The summed E-state index contributed by atoms with van der Waals surface area (Å²) in [6.45, 7) is 1.73. The minimum Gasteiger partial charge on any atom is -0.340 e. The Hall–Kier alpha value is -1.58. The zero-order valence-electron chi connectivity index (χ0n) is 11.2. The number of piperidine rings is 1. The molecule has 102 valence electrons. The Morgan fingerprint density at radius 2 is 2.21 bits per heavy atom. The Labute approximate surface area is 114 Å². The van der Waals surface area contributed by atoms with Crippen LogP contribution in [0.2, 0.25) is 0 Å². The van der Waals surface area contributed by atoms with Gasteiger partial charge in [0, 0.05) is 31.4 Å². The standard InChI is InChI=1S/C15H21N3O/c19-15(13-6-2-1-3-7-13)17-10-4-8-14(12-17)18-11-5-9-16-18/h1-2,5,9,11,13-14H,3-4,6-8,10,12H2/t13-,14-/m0/s1. The van der Waals surface area contributed by atoms with Crippen molar-refractivity contribution in [1.29, 1.82) is 0 Å². The fourth-order valence-corrected chi connectivity index (χ4v) is 3.14. The smallest absolute Gasteiger partial charge is 0.226 e. The van der Waals surface area contributed by atoms with Crippen LogP contribution >= 0.6 is 0 Å². The van der Waals surface area contributed by atoms with Gasteiger partial charge in [0.05, 0.1) is 6.04 Å². The second-order valence-corrected chi connectivity index (χ2v) is 5.55. The molecule has 0 saturated carbocycles. The third-order valence-electron chi connectivity index (χ3n) is 4.23. The molecule has 1 fully saturated rings. The first-order valence-electron chi connectivity index (χ1n) is 7.27. The van der Waals surface area contributed by atoms with E-state index >= 15 is 0 Å². The summed E-state index contributed by atoms with van der Waals surface area (Å²) in [5.41, 5.74) is 0. The Bertz CT molecular complexity index is 452. The molecular formula is C15H21N3O. The number of hydrogen-bond donors (Lipinski definition) is 0. The number of carbonyl (C=O) groups excluding carboxylic acids is 1. The van der Waals surface area contributed by atoms with Crippen molar-refractivity contribution in [1.82, 2.24) is 14.7 Å². The summed E-state index contributed by atoms with van der Waals surface area (Å²) in [4.78, 5) is 14.6. The normalized spacial score (nSPS) is 27.5. The molecule has 1 aromatic heterocycles. The molecule has 2 heterocycles. The molecule has 0 N–H and O–H groups in total. The maximum absolute atomic E-state index is 12.5. The van der Waals surface area contributed by atoms with Gasteiger partial charge < -0.3 is 4.90 Å². The van der Waals surface area contributed by atoms with Gasteiger partial charge in [0.15, 0.2) is 0 Å². The maximum atomic E-state index is 12.5. The van der Waals surface area contributed by atoms with Crippen LogP contribution in [0.3, 0.4) is 0 Å². The van der Waals surface area contributed by atoms with Crippen LogP contribution in [-0.2, 0) is 4.79 Å². The molecule has 3 rings (SSSR count). The van der Waals surface area contributed by atoms with E-state index in [-0.39, 0.29) is 5.92 Å². The van der Waals surface area contributed by atoms with E-state index in [1.54, 1.807) is 0 Å². The van der Waals surface area contributed by atoms with Crippen LogP contribution in [0, 0.1) is 5.92 Å². The fraction of sp³-hybridized carbons (Fsp3) is 0.600. The number of nitrogens with zero attached hydrogens (tertiary/aromatic N) is 3. The van der Waals surface area contributed by atoms with Crippen molar-refractivity contribution in [3.8, 4) is 0 Å². The molecule has 4 nitrogen and oxygen atoms in total. The molecule has 1 amide bonds. The second kappa shape index (κ2) is 5.59. The Morgan fingerprint density at radius 1 is 1.26 bits per heavy atom. The lowest BCUT2D eigenvalue weighted by molar-refractivity contribution is -0.137. The summed E-state index contributed by atoms with van der Waals surface area (Å²) in [6, 6.07) is 2.30. The molecule has 1 aliphatic carbocycles. The molecule has 19 heavy (non-hydrogen) atoms. The lowest BCUT2D eigenvalue weighted by atomic mass is 9.92. The SMILES string of the molecule is O=C([C@H]1CC=CCC1)N1CCC[C@H](n2cccn2)C1. The quantitative estimate of drug-likeness (QED) is 0.765. The highest BCUT2D eigenvalue weighted by molar-refractivity contribution is 5.79. The minimum absolute atomic E-state index is 0.210. The van der Waals surface area contributed by atoms with Crippen molar-refractivity contribution in [2.45, 2.75) is 38.1 Å². The predicted octanol–water partition coefficient (Wildman–Crippen LogP) is 2.40. The highest BCUT2D eigenvalue weighted by Gasteiger charge is 2.29. The molecular weight excluding hydrogens is 238 g/mol. The first-order chi connectivity index (χ1) is 9.34. The summed E-state index contributed by atoms with van der Waals surface area (Å²) in [7, 11) is 0. The fourth-order valence-electron chi connectivity index (χ4n) is 3.14. The van der Waals surface area contributed by atoms with E-state index in [1.807, 2.05) is 23.1 Å². The van der Waals surface area contributed by atoms with E-state index in [2.05, 4.69) is 22.2 Å². The van der Waals surface area contributed by atoms with Gasteiger partial charge in [0.2, 0.25) is 5.91 Å². The molecule has 4 heteroatoms. The third-order valence-corrected chi connectivity index (χ3v) is 4.23. The van der Waals surface area contributed by atoms with Crippen molar-refractivity contribution >= 4 is 5.91 Å². The number of amides is 1. The number of aromatic nitrogens is 2. The highest BCUT2D eigenvalue weighted by Crippen LogP contribution is 2.25. The topological polar surface area (TPSA) is 38.1 Å². The highest BCUT2D eigenvalue weighted by atomic mass is 16.2. The first-order valence-corrected chi connectivity index (χ1v) is 7.27. The molecule has 0 aromatic carbocycles. The predicted molar refractivity (Wildman–Crippen MR) is 73.6 cm³/mol. The van der Waals surface area contributed by atoms with E-state index in [4.69, 9.17) is 0 Å². The van der Waals surface area contributed by atoms with Gasteiger partial charge >= 0.3 is 0 Å². The number of carbonyl (C=O) groups is 1. The van der Waals surface area contributed by atoms with Gasteiger partial charge in [-0.25, -0.2) is 0 Å². The van der Waals surface area contributed by atoms with Gasteiger partial charge in [0.1, 0.15) is 0 Å². The van der Waals surface area contributed by atoms with Gasteiger partial charge in [-0.2, -0.15) is 5.10 Å². The molecule has 1 saturated heterocycles. The van der Waals surface area contributed by atoms with Crippen molar-refractivity contribution in [2.75, 3.05) is 13.1 Å². The second-order valence-electron chi connectivity index (χ2n) is 5.55. The summed E-state index contributed by atoms with van der Waals surface area (Å²) < 4.78 is 2.00. The molecule has 0 radical (unpaired) electrons. The molecule has 0 unspecified atom stereocenters. The first kappa shape index (κ1) is 12.5. The number of likely N-dealkylation sites (tertiary alicyclic amines) is 1. The van der Waals surface area contributed by atoms with E-state index in [9.17, 15) is 4.79 Å². The van der Waals surface area contributed by atoms with Crippen molar-refractivity contribution in [3.63, 3.8) is 0 Å². The summed E-state index contributed by atoms with van der Waals surface area (Å²) in [5.74, 6) is 0.558. The average molecular weight is 259 g/mol. The van der Waals surface area contributed by atoms with Gasteiger partial charge in [-0.1, -0.05) is 12.2 Å². The van der Waals surface area contributed by atoms with Crippen LogP contribution in [0.1, 0.15) is 38.1 Å². The molecule has 1 aliphatic heterocycles. The molecule has 2 aliphatic rings. The van der Waals surface area contributed by atoms with E-state index < -0.39 is 0 Å². The molecule has 0 spiro atoms. The largest absolute Gasteiger partial charge is 0.340 e. The van der Waals surface area contributed by atoms with Crippen LogP contribution in [-0.4, -0.2) is 33.7 Å². The van der Waals surface area contributed by atoms with Crippen molar-refractivity contribution in [2.24, 2.45) is 5.92 Å². The summed E-state index contributed by atoms with van der Waals surface area (Å²) >= 11 is 0. The Balaban J connectivity index is 1.64. The van der Waals surface area contributed by atoms with Crippen molar-refractivity contribution < 1.29 is 4.79 Å². The Morgan fingerprint density at radius 3 is 2.95 bits per heavy atom. The van der Waals surface area contributed by atoms with Crippen LogP contribution in [0.4, 0.5) is 0 Å². The van der Waals surface area contributed by atoms with E-state index in [0.717, 1.165) is 45.2 Å². The zero-order valence-corrected chi connectivity index (χ0v) is 11.2. The van der Waals surface area contributed by atoms with Gasteiger partial charge in [0.25, 0.3) is 0 Å². The third kappa shape index (κ3) is 2.72. The van der Waals surface area contributed by atoms with Crippen LogP contribution < -0.4 is 0 Å².